The summed E-state index contributed by atoms with van der Waals surface area (Å²) in [5.41, 5.74) is 0.778. The van der Waals surface area contributed by atoms with E-state index in [1.54, 1.807) is 6.92 Å². The largest absolute Gasteiger partial charge is 0.449 e. The van der Waals surface area contributed by atoms with E-state index in [1.807, 2.05) is 0 Å². The number of rotatable bonds is 5. The van der Waals surface area contributed by atoms with Crippen molar-refractivity contribution < 1.29 is 19.1 Å². The first-order valence-electron chi connectivity index (χ1n) is 5.62. The van der Waals surface area contributed by atoms with E-state index in [0.717, 1.165) is 0 Å². The van der Waals surface area contributed by atoms with Gasteiger partial charge in [0, 0.05) is 12.1 Å². The highest BCUT2D eigenvalue weighted by Crippen LogP contribution is 2.06. The molecule has 0 heterocycles. The maximum atomic E-state index is 11.7. The Morgan fingerprint density at radius 2 is 1.94 bits per heavy atom. The number of benzene rings is 1. The normalized spacial score (nSPS) is 11.4. The van der Waals surface area contributed by atoms with Crippen LogP contribution in [0.2, 0.25) is 0 Å². The number of carbonyl (C=O) groups is 3. The molecule has 5 nitrogen and oxygen atoms in total. The third-order valence-electron chi connectivity index (χ3n) is 2.29. The SMILES string of the molecule is CCNC(=O)[C@@H](C)OC(=O)c1ccc(C=O)cc1. The average Bonchev–Trinajstić information content (AvgIpc) is 2.39. The van der Waals surface area contributed by atoms with E-state index in [1.165, 1.54) is 31.2 Å². The lowest BCUT2D eigenvalue weighted by Crippen LogP contribution is -2.35. The van der Waals surface area contributed by atoms with Gasteiger partial charge in [-0.05, 0) is 26.0 Å². The quantitative estimate of drug-likeness (QED) is 0.628. The van der Waals surface area contributed by atoms with Crippen LogP contribution >= 0.6 is 0 Å². The van der Waals surface area contributed by atoms with Gasteiger partial charge in [0.25, 0.3) is 5.91 Å². The fraction of sp³-hybridized carbons (Fsp3) is 0.308. The molecule has 0 fully saturated rings. The minimum atomic E-state index is -0.844. The van der Waals surface area contributed by atoms with Gasteiger partial charge in [0.05, 0.1) is 5.56 Å². The molecule has 0 unspecified atom stereocenters. The van der Waals surface area contributed by atoms with Gasteiger partial charge in [-0.25, -0.2) is 4.79 Å². The highest BCUT2D eigenvalue weighted by atomic mass is 16.5. The van der Waals surface area contributed by atoms with E-state index in [2.05, 4.69) is 5.32 Å². The van der Waals surface area contributed by atoms with Crippen LogP contribution in [0.4, 0.5) is 0 Å². The number of esters is 1. The molecule has 1 aromatic rings. The van der Waals surface area contributed by atoms with Crippen molar-refractivity contribution in [1.29, 1.82) is 0 Å². The Balaban J connectivity index is 2.64. The van der Waals surface area contributed by atoms with E-state index >= 15 is 0 Å². The van der Waals surface area contributed by atoms with Gasteiger partial charge in [-0.2, -0.15) is 0 Å². The number of hydrogen-bond donors (Lipinski definition) is 1. The second-order valence-electron chi connectivity index (χ2n) is 3.68. The summed E-state index contributed by atoms with van der Waals surface area (Å²) in [5, 5.41) is 2.56. The highest BCUT2D eigenvalue weighted by molar-refractivity contribution is 5.92. The molecule has 1 amide bonds. The third-order valence-corrected chi connectivity index (χ3v) is 2.29. The molecule has 1 N–H and O–H groups in total. The van der Waals surface area contributed by atoms with Gasteiger partial charge in [0.15, 0.2) is 6.10 Å². The van der Waals surface area contributed by atoms with E-state index < -0.39 is 12.1 Å². The first-order chi connectivity index (χ1) is 8.58. The van der Waals surface area contributed by atoms with Crippen LogP contribution in [0.25, 0.3) is 0 Å². The van der Waals surface area contributed by atoms with Crippen LogP contribution in [0.3, 0.4) is 0 Å². The van der Waals surface area contributed by atoms with Crippen molar-refractivity contribution in [3.63, 3.8) is 0 Å². The molecule has 0 radical (unpaired) electrons. The number of amides is 1. The smallest absolute Gasteiger partial charge is 0.338 e. The van der Waals surface area contributed by atoms with Crippen LogP contribution in [0.1, 0.15) is 34.6 Å². The predicted octanol–water partition coefficient (Wildman–Crippen LogP) is 1.18. The Hall–Kier alpha value is -2.17. The maximum absolute atomic E-state index is 11.7. The summed E-state index contributed by atoms with van der Waals surface area (Å²) in [4.78, 5) is 33.5. The minimum absolute atomic E-state index is 0.303. The number of likely N-dealkylation sites (N-methyl/N-ethyl adjacent to an activating group) is 1. The van der Waals surface area contributed by atoms with Crippen molar-refractivity contribution in [2.24, 2.45) is 0 Å². The zero-order valence-corrected chi connectivity index (χ0v) is 10.3. The van der Waals surface area contributed by atoms with Crippen molar-refractivity contribution in [2.45, 2.75) is 20.0 Å². The minimum Gasteiger partial charge on any atom is -0.449 e. The summed E-state index contributed by atoms with van der Waals surface area (Å²) in [5.74, 6) is -0.929. The summed E-state index contributed by atoms with van der Waals surface area (Å²) in [7, 11) is 0. The summed E-state index contributed by atoms with van der Waals surface area (Å²) >= 11 is 0. The molecule has 0 aliphatic heterocycles. The summed E-state index contributed by atoms with van der Waals surface area (Å²) in [6.45, 7) is 3.77. The van der Waals surface area contributed by atoms with Crippen LogP contribution in [0.5, 0.6) is 0 Å². The van der Waals surface area contributed by atoms with E-state index in [0.29, 0.717) is 24.0 Å². The van der Waals surface area contributed by atoms with Crippen molar-refractivity contribution in [2.75, 3.05) is 6.54 Å². The zero-order chi connectivity index (χ0) is 13.5. The molecule has 0 bridgehead atoms. The molecule has 0 saturated carbocycles. The van der Waals surface area contributed by atoms with Gasteiger partial charge in [0.2, 0.25) is 0 Å². The second kappa shape index (κ2) is 6.54. The van der Waals surface area contributed by atoms with Gasteiger partial charge in [0.1, 0.15) is 6.29 Å². The van der Waals surface area contributed by atoms with E-state index in [-0.39, 0.29) is 5.91 Å². The van der Waals surface area contributed by atoms with Crippen LogP contribution < -0.4 is 5.32 Å². The Morgan fingerprint density at radius 3 is 2.44 bits per heavy atom. The van der Waals surface area contributed by atoms with Crippen LogP contribution in [-0.2, 0) is 9.53 Å². The standard InChI is InChI=1S/C13H15NO4/c1-3-14-12(16)9(2)18-13(17)11-6-4-10(8-15)5-7-11/h4-9H,3H2,1-2H3,(H,14,16)/t9-/m1/s1. The first-order valence-corrected chi connectivity index (χ1v) is 5.62. The Labute approximate surface area is 105 Å². The molecular weight excluding hydrogens is 234 g/mol. The summed E-state index contributed by atoms with van der Waals surface area (Å²) < 4.78 is 4.98. The van der Waals surface area contributed by atoms with Gasteiger partial charge in [-0.1, -0.05) is 12.1 Å². The number of aldehydes is 1. The second-order valence-corrected chi connectivity index (χ2v) is 3.68. The molecule has 0 aliphatic carbocycles. The molecule has 96 valence electrons. The fourth-order valence-electron chi connectivity index (χ4n) is 1.30. The lowest BCUT2D eigenvalue weighted by molar-refractivity contribution is -0.128. The Bertz CT molecular complexity index is 439. The number of carbonyl (C=O) groups excluding carboxylic acids is 3. The van der Waals surface area contributed by atoms with E-state index in [4.69, 9.17) is 4.74 Å². The van der Waals surface area contributed by atoms with Crippen LogP contribution in [-0.4, -0.2) is 30.8 Å². The molecule has 5 heteroatoms. The number of ether oxygens (including phenoxy) is 1. The lowest BCUT2D eigenvalue weighted by Gasteiger charge is -2.12. The Morgan fingerprint density at radius 1 is 1.33 bits per heavy atom. The van der Waals surface area contributed by atoms with Crippen molar-refractivity contribution in [1.82, 2.24) is 5.32 Å². The van der Waals surface area contributed by atoms with Gasteiger partial charge < -0.3 is 10.1 Å². The van der Waals surface area contributed by atoms with Gasteiger partial charge in [-0.3, -0.25) is 9.59 Å². The maximum Gasteiger partial charge on any atom is 0.338 e. The highest BCUT2D eigenvalue weighted by Gasteiger charge is 2.17. The topological polar surface area (TPSA) is 72.5 Å². The van der Waals surface area contributed by atoms with Crippen molar-refractivity contribution >= 4 is 18.2 Å². The molecule has 0 aliphatic rings. The fourth-order valence-corrected chi connectivity index (χ4v) is 1.30. The monoisotopic (exact) mass is 249 g/mol. The molecule has 0 spiro atoms. The third kappa shape index (κ3) is 3.69. The van der Waals surface area contributed by atoms with Gasteiger partial charge in [-0.15, -0.1) is 0 Å². The summed E-state index contributed by atoms with van der Waals surface area (Å²) in [6, 6.07) is 5.99. The average molecular weight is 249 g/mol. The van der Waals surface area contributed by atoms with Crippen LogP contribution in [0, 0.1) is 0 Å². The van der Waals surface area contributed by atoms with E-state index in [9.17, 15) is 14.4 Å². The predicted molar refractivity (Wildman–Crippen MR) is 65.4 cm³/mol. The molecule has 1 aromatic carbocycles. The molecule has 0 saturated heterocycles. The van der Waals surface area contributed by atoms with Gasteiger partial charge >= 0.3 is 5.97 Å². The first kappa shape index (κ1) is 13.9. The summed E-state index contributed by atoms with van der Waals surface area (Å²) in [6.07, 6.45) is -0.157. The van der Waals surface area contributed by atoms with Crippen LogP contribution in [0.15, 0.2) is 24.3 Å². The van der Waals surface area contributed by atoms with Crippen molar-refractivity contribution in [3.05, 3.63) is 35.4 Å². The molecule has 1 atom stereocenters. The number of nitrogens with one attached hydrogen (secondary N) is 1. The Kier molecular flexibility index (Phi) is 5.05. The van der Waals surface area contributed by atoms with Crippen molar-refractivity contribution in [3.8, 4) is 0 Å². The molecular formula is C13H15NO4. The lowest BCUT2D eigenvalue weighted by atomic mass is 10.1. The zero-order valence-electron chi connectivity index (χ0n) is 10.3. The molecule has 18 heavy (non-hydrogen) atoms. The molecule has 0 aromatic heterocycles. The number of hydrogen-bond acceptors (Lipinski definition) is 4. The molecule has 1 rings (SSSR count).